The predicted molar refractivity (Wildman–Crippen MR) is 105 cm³/mol. The third kappa shape index (κ3) is 2.61. The summed E-state index contributed by atoms with van der Waals surface area (Å²) in [5, 5.41) is 2.97. The maximum atomic E-state index is 12.6. The summed E-state index contributed by atoms with van der Waals surface area (Å²) in [5.41, 5.74) is 1.64. The molecule has 4 aromatic rings. The molecule has 3 aromatic carbocycles. The second-order valence-electron chi connectivity index (χ2n) is 6.42. The van der Waals surface area contributed by atoms with Crippen LogP contribution in [0.5, 0.6) is 0 Å². The van der Waals surface area contributed by atoms with Crippen molar-refractivity contribution in [1.82, 2.24) is 4.98 Å². The number of thiazole rings is 1. The van der Waals surface area contributed by atoms with Crippen LogP contribution < -0.4 is 4.90 Å². The average molecular weight is 360 g/mol. The van der Waals surface area contributed by atoms with Gasteiger partial charge in [-0.25, -0.2) is 9.78 Å². The lowest BCUT2D eigenvalue weighted by Crippen LogP contribution is -2.53. The van der Waals surface area contributed by atoms with Gasteiger partial charge < -0.3 is 9.64 Å². The molecule has 2 heterocycles. The quantitative estimate of drug-likeness (QED) is 0.505. The second-order valence-corrected chi connectivity index (χ2v) is 7.43. The van der Waals surface area contributed by atoms with Gasteiger partial charge in [-0.15, -0.1) is 0 Å². The normalized spacial score (nSPS) is 14.5. The fraction of sp³-hybridized carbons (Fsp3) is 0.143. The van der Waals surface area contributed by atoms with Crippen molar-refractivity contribution in [3.8, 4) is 0 Å². The van der Waals surface area contributed by atoms with Crippen LogP contribution in [0.3, 0.4) is 0 Å². The summed E-state index contributed by atoms with van der Waals surface area (Å²) in [6.45, 7) is 1.38. The number of carbonyl (C=O) groups excluding carboxylic acids is 1. The Hall–Kier alpha value is -2.92. The minimum absolute atomic E-state index is 0.0894. The Bertz CT molecular complexity index is 1080. The molecule has 0 atom stereocenters. The molecule has 0 bridgehead atoms. The number of hydrogen-bond donors (Lipinski definition) is 0. The molecule has 4 nitrogen and oxygen atoms in total. The summed E-state index contributed by atoms with van der Waals surface area (Å²) in [4.78, 5) is 19.4. The topological polar surface area (TPSA) is 42.4 Å². The van der Waals surface area contributed by atoms with Crippen LogP contribution in [-0.4, -0.2) is 30.1 Å². The molecule has 1 aromatic heterocycles. The lowest BCUT2D eigenvalue weighted by atomic mass is 10.0. The largest absolute Gasteiger partial charge is 0.455 e. The molecule has 1 saturated heterocycles. The Balaban J connectivity index is 1.29. The van der Waals surface area contributed by atoms with Crippen molar-refractivity contribution in [2.45, 2.75) is 6.10 Å². The van der Waals surface area contributed by atoms with E-state index in [1.807, 2.05) is 60.7 Å². The first-order valence-corrected chi connectivity index (χ1v) is 9.39. The van der Waals surface area contributed by atoms with E-state index in [4.69, 9.17) is 4.74 Å². The minimum Gasteiger partial charge on any atom is -0.455 e. The molecule has 5 heteroatoms. The molecule has 0 radical (unpaired) electrons. The van der Waals surface area contributed by atoms with E-state index >= 15 is 0 Å². The van der Waals surface area contributed by atoms with Gasteiger partial charge in [-0.05, 0) is 29.0 Å². The van der Waals surface area contributed by atoms with Crippen molar-refractivity contribution in [1.29, 1.82) is 0 Å². The average Bonchev–Trinajstić information content (AvgIpc) is 3.07. The fourth-order valence-electron chi connectivity index (χ4n) is 3.28. The van der Waals surface area contributed by atoms with E-state index < -0.39 is 0 Å². The van der Waals surface area contributed by atoms with Crippen LogP contribution in [0.15, 0.2) is 66.7 Å². The van der Waals surface area contributed by atoms with Crippen molar-refractivity contribution >= 4 is 43.4 Å². The number of rotatable bonds is 3. The molecule has 0 saturated carbocycles. The molecule has 5 rings (SSSR count). The Labute approximate surface area is 154 Å². The summed E-state index contributed by atoms with van der Waals surface area (Å²) in [7, 11) is 0. The van der Waals surface area contributed by atoms with Gasteiger partial charge in [0.1, 0.15) is 6.10 Å². The molecule has 0 aliphatic carbocycles. The number of hydrogen-bond acceptors (Lipinski definition) is 5. The zero-order chi connectivity index (χ0) is 17.5. The van der Waals surface area contributed by atoms with Crippen molar-refractivity contribution in [2.24, 2.45) is 0 Å². The summed E-state index contributed by atoms with van der Waals surface area (Å²) < 4.78 is 6.88. The van der Waals surface area contributed by atoms with E-state index in [-0.39, 0.29) is 12.1 Å². The van der Waals surface area contributed by atoms with Crippen molar-refractivity contribution in [3.63, 3.8) is 0 Å². The Morgan fingerprint density at radius 2 is 1.77 bits per heavy atom. The van der Waals surface area contributed by atoms with Gasteiger partial charge in [0.15, 0.2) is 5.13 Å². The highest BCUT2D eigenvalue weighted by atomic mass is 32.1. The lowest BCUT2D eigenvalue weighted by Gasteiger charge is -2.38. The smallest absolute Gasteiger partial charge is 0.339 e. The number of aromatic nitrogens is 1. The molecule has 1 fully saturated rings. The third-order valence-electron chi connectivity index (χ3n) is 4.68. The Morgan fingerprint density at radius 3 is 2.65 bits per heavy atom. The maximum Gasteiger partial charge on any atom is 0.339 e. The Morgan fingerprint density at radius 1 is 1.00 bits per heavy atom. The first-order chi connectivity index (χ1) is 12.8. The first-order valence-electron chi connectivity index (χ1n) is 8.57. The van der Waals surface area contributed by atoms with Crippen LogP contribution in [0.25, 0.3) is 21.0 Å². The van der Waals surface area contributed by atoms with E-state index in [2.05, 4.69) is 16.0 Å². The molecule has 0 spiro atoms. The van der Waals surface area contributed by atoms with Gasteiger partial charge in [-0.1, -0.05) is 59.9 Å². The van der Waals surface area contributed by atoms with E-state index in [1.54, 1.807) is 11.3 Å². The number of anilines is 1. The SMILES string of the molecule is O=C(OC1CN(c2nc3ccccc3s2)C1)c1cccc2ccccc12. The number of nitrogens with zero attached hydrogens (tertiary/aromatic N) is 2. The molecule has 128 valence electrons. The summed E-state index contributed by atoms with van der Waals surface area (Å²) in [6, 6.07) is 21.7. The van der Waals surface area contributed by atoms with Gasteiger partial charge in [0, 0.05) is 0 Å². The van der Waals surface area contributed by atoms with E-state index in [0.717, 1.165) is 21.4 Å². The number of fused-ring (bicyclic) bond motifs is 2. The number of benzene rings is 3. The van der Waals surface area contributed by atoms with Crippen molar-refractivity contribution in [2.75, 3.05) is 18.0 Å². The van der Waals surface area contributed by atoms with Crippen molar-refractivity contribution < 1.29 is 9.53 Å². The number of esters is 1. The minimum atomic E-state index is -0.254. The second kappa shape index (κ2) is 6.11. The van der Waals surface area contributed by atoms with Crippen LogP contribution in [0, 0.1) is 0 Å². The zero-order valence-corrected chi connectivity index (χ0v) is 14.8. The number of carbonyl (C=O) groups is 1. The number of ether oxygens (including phenoxy) is 1. The highest BCUT2D eigenvalue weighted by Gasteiger charge is 2.32. The molecule has 26 heavy (non-hydrogen) atoms. The van der Waals surface area contributed by atoms with Crippen LogP contribution in [0.2, 0.25) is 0 Å². The van der Waals surface area contributed by atoms with Gasteiger partial charge >= 0.3 is 5.97 Å². The highest BCUT2D eigenvalue weighted by molar-refractivity contribution is 7.22. The first kappa shape index (κ1) is 15.3. The highest BCUT2D eigenvalue weighted by Crippen LogP contribution is 2.32. The zero-order valence-electron chi connectivity index (χ0n) is 14.0. The third-order valence-corrected chi connectivity index (χ3v) is 5.78. The molecule has 0 N–H and O–H groups in total. The number of para-hydroxylation sites is 1. The monoisotopic (exact) mass is 360 g/mol. The van der Waals surface area contributed by atoms with Gasteiger partial charge in [-0.3, -0.25) is 0 Å². The van der Waals surface area contributed by atoms with Crippen molar-refractivity contribution in [3.05, 3.63) is 72.3 Å². The summed E-state index contributed by atoms with van der Waals surface area (Å²) in [6.07, 6.45) is -0.0894. The van der Waals surface area contributed by atoms with Crippen LogP contribution >= 0.6 is 11.3 Å². The maximum absolute atomic E-state index is 12.6. The van der Waals surface area contributed by atoms with E-state index in [1.165, 1.54) is 4.70 Å². The summed E-state index contributed by atoms with van der Waals surface area (Å²) in [5.74, 6) is -0.254. The fourth-order valence-corrected chi connectivity index (χ4v) is 4.27. The molecule has 0 amide bonds. The van der Waals surface area contributed by atoms with Gasteiger partial charge in [0.2, 0.25) is 0 Å². The molecular formula is C21H16N2O2S. The standard InChI is InChI=1S/C21H16N2O2S/c24-20(17-9-5-7-14-6-1-2-8-16(14)17)25-15-12-23(13-15)21-22-18-10-3-4-11-19(18)26-21/h1-11,15H,12-13H2. The predicted octanol–water partition coefficient (Wildman–Crippen LogP) is 4.50. The molecule has 0 unspecified atom stereocenters. The molecule has 1 aliphatic heterocycles. The van der Waals surface area contributed by atoms with E-state index in [9.17, 15) is 4.79 Å². The van der Waals surface area contributed by atoms with Gasteiger partial charge in [-0.2, -0.15) is 0 Å². The lowest BCUT2D eigenvalue weighted by molar-refractivity contribution is 0.0236. The van der Waals surface area contributed by atoms with Crippen LogP contribution in [-0.2, 0) is 4.74 Å². The van der Waals surface area contributed by atoms with E-state index in [0.29, 0.717) is 18.7 Å². The molecular weight excluding hydrogens is 344 g/mol. The Kier molecular flexibility index (Phi) is 3.60. The molecule has 1 aliphatic rings. The van der Waals surface area contributed by atoms with Crippen LogP contribution in [0.4, 0.5) is 5.13 Å². The van der Waals surface area contributed by atoms with Crippen LogP contribution in [0.1, 0.15) is 10.4 Å². The van der Waals surface area contributed by atoms with Gasteiger partial charge in [0.25, 0.3) is 0 Å². The van der Waals surface area contributed by atoms with Gasteiger partial charge in [0.05, 0.1) is 28.9 Å². The summed E-state index contributed by atoms with van der Waals surface area (Å²) >= 11 is 1.67.